The van der Waals surface area contributed by atoms with Crippen molar-refractivity contribution >= 4 is 35.0 Å². The molecule has 0 aliphatic carbocycles. The molecule has 0 radical (unpaired) electrons. The van der Waals surface area contributed by atoms with Crippen molar-refractivity contribution in [2.75, 3.05) is 48.5 Å². The molecular weight excluding hydrogens is 526 g/mol. The lowest BCUT2D eigenvalue weighted by Crippen LogP contribution is -2.53. The fourth-order valence-corrected chi connectivity index (χ4v) is 7.51. The SMILES string of the molecule is O=C1CS[C@]2(C(=O)N(CN3CCC4(CC3)OCCO4)c3ccccc32)N1c1ccc(OCc2ccccc2)cc1. The predicted molar refractivity (Wildman–Crippen MR) is 153 cm³/mol. The van der Waals surface area contributed by atoms with Crippen LogP contribution in [0.5, 0.6) is 5.75 Å². The number of fused-ring (bicyclic) bond motifs is 2. The quantitative estimate of drug-likeness (QED) is 0.447. The Morgan fingerprint density at radius 3 is 2.30 bits per heavy atom. The van der Waals surface area contributed by atoms with Crippen molar-refractivity contribution in [2.24, 2.45) is 0 Å². The van der Waals surface area contributed by atoms with Crippen molar-refractivity contribution in [1.29, 1.82) is 0 Å². The summed E-state index contributed by atoms with van der Waals surface area (Å²) in [5.41, 5.74) is 3.48. The molecule has 8 nitrogen and oxygen atoms in total. The molecule has 3 saturated heterocycles. The van der Waals surface area contributed by atoms with E-state index in [0.29, 0.717) is 37.9 Å². The highest BCUT2D eigenvalue weighted by Crippen LogP contribution is 2.55. The summed E-state index contributed by atoms with van der Waals surface area (Å²) in [7, 11) is 0. The molecule has 0 saturated carbocycles. The van der Waals surface area contributed by atoms with Gasteiger partial charge in [0.15, 0.2) is 5.79 Å². The van der Waals surface area contributed by atoms with Gasteiger partial charge in [-0.05, 0) is 35.9 Å². The zero-order valence-corrected chi connectivity index (χ0v) is 23.0. The number of benzene rings is 3. The van der Waals surface area contributed by atoms with E-state index in [9.17, 15) is 9.59 Å². The van der Waals surface area contributed by atoms with Gasteiger partial charge in [0.2, 0.25) is 10.8 Å². The number of para-hydroxylation sites is 1. The Bertz CT molecular complexity index is 1400. The zero-order valence-electron chi connectivity index (χ0n) is 22.2. The van der Waals surface area contributed by atoms with Crippen LogP contribution in [0.2, 0.25) is 0 Å². The average molecular weight is 558 g/mol. The van der Waals surface area contributed by atoms with Crippen LogP contribution in [0.3, 0.4) is 0 Å². The van der Waals surface area contributed by atoms with Gasteiger partial charge in [0.05, 0.1) is 31.3 Å². The van der Waals surface area contributed by atoms with Crippen molar-refractivity contribution < 1.29 is 23.8 Å². The molecular formula is C31H31N3O5S. The molecule has 0 bridgehead atoms. The summed E-state index contributed by atoms with van der Waals surface area (Å²) in [5, 5.41) is 0. The number of amides is 2. The fraction of sp³-hybridized carbons (Fsp3) is 0.355. The van der Waals surface area contributed by atoms with Crippen molar-refractivity contribution in [3.05, 3.63) is 90.0 Å². The molecule has 4 heterocycles. The van der Waals surface area contributed by atoms with Gasteiger partial charge in [-0.3, -0.25) is 24.3 Å². The first-order chi connectivity index (χ1) is 19.6. The third-order valence-corrected chi connectivity index (χ3v) is 9.57. The maximum Gasteiger partial charge on any atom is 0.269 e. The second kappa shape index (κ2) is 10.2. The zero-order chi connectivity index (χ0) is 27.2. The van der Waals surface area contributed by atoms with Crippen LogP contribution < -0.4 is 14.5 Å². The largest absolute Gasteiger partial charge is 0.489 e. The van der Waals surface area contributed by atoms with Gasteiger partial charge >= 0.3 is 0 Å². The molecule has 2 spiro atoms. The normalized spacial score (nSPS) is 23.9. The molecule has 4 aliphatic rings. The second-order valence-corrected chi connectivity index (χ2v) is 11.7. The number of likely N-dealkylation sites (tertiary alicyclic amines) is 1. The molecule has 7 rings (SSSR count). The molecule has 3 aromatic carbocycles. The number of hydrogen-bond donors (Lipinski definition) is 0. The highest BCUT2D eigenvalue weighted by molar-refractivity contribution is 8.02. The van der Waals surface area contributed by atoms with E-state index in [1.807, 2.05) is 83.8 Å². The van der Waals surface area contributed by atoms with Gasteiger partial charge in [-0.1, -0.05) is 48.5 Å². The van der Waals surface area contributed by atoms with Crippen molar-refractivity contribution in [1.82, 2.24) is 4.90 Å². The molecule has 9 heteroatoms. The number of piperidine rings is 1. The van der Waals surface area contributed by atoms with Crippen molar-refractivity contribution in [2.45, 2.75) is 30.1 Å². The van der Waals surface area contributed by atoms with E-state index in [1.54, 1.807) is 4.90 Å². The number of carbonyl (C=O) groups excluding carboxylic acids is 2. The van der Waals surface area contributed by atoms with Crippen LogP contribution >= 0.6 is 11.8 Å². The number of anilines is 2. The van der Waals surface area contributed by atoms with E-state index < -0.39 is 10.7 Å². The van der Waals surface area contributed by atoms with Crippen LogP contribution in [0.1, 0.15) is 24.0 Å². The third kappa shape index (κ3) is 4.28. The third-order valence-electron chi connectivity index (χ3n) is 8.18. The molecule has 3 fully saturated rings. The number of hydrogen-bond acceptors (Lipinski definition) is 7. The lowest BCUT2D eigenvalue weighted by molar-refractivity contribution is -0.185. The summed E-state index contributed by atoms with van der Waals surface area (Å²) in [5.74, 6) is 0.317. The van der Waals surface area contributed by atoms with Crippen LogP contribution in [0.15, 0.2) is 78.9 Å². The van der Waals surface area contributed by atoms with Gasteiger partial charge in [0, 0.05) is 37.2 Å². The first kappa shape index (κ1) is 25.6. The first-order valence-corrected chi connectivity index (χ1v) is 14.7. The van der Waals surface area contributed by atoms with E-state index in [0.717, 1.165) is 42.7 Å². The second-order valence-electron chi connectivity index (χ2n) is 10.5. The number of rotatable bonds is 6. The maximum atomic E-state index is 14.4. The molecule has 3 aromatic rings. The Morgan fingerprint density at radius 1 is 0.850 bits per heavy atom. The van der Waals surface area contributed by atoms with E-state index >= 15 is 0 Å². The lowest BCUT2D eigenvalue weighted by atomic mass is 10.0. The lowest BCUT2D eigenvalue weighted by Gasteiger charge is -2.39. The number of nitrogens with zero attached hydrogens (tertiary/aromatic N) is 3. The number of ether oxygens (including phenoxy) is 3. The standard InChI is InChI=1S/C31H31N3O5S/c35-28-21-40-31(34(28)24-10-12-25(13-11-24)37-20-23-6-2-1-3-7-23)26-8-4-5-9-27(26)33(29(31)36)22-32-16-14-30(15-17-32)38-18-19-39-30/h1-13H,14-22H2/t31-/m1/s1. The van der Waals surface area contributed by atoms with Gasteiger partial charge in [0.1, 0.15) is 12.4 Å². The molecule has 206 valence electrons. The van der Waals surface area contributed by atoms with E-state index in [4.69, 9.17) is 14.2 Å². The van der Waals surface area contributed by atoms with Crippen molar-refractivity contribution in [3.8, 4) is 5.75 Å². The van der Waals surface area contributed by atoms with Crippen LogP contribution in [-0.2, 0) is 30.5 Å². The molecule has 1 atom stereocenters. The molecule has 0 N–H and O–H groups in total. The van der Waals surface area contributed by atoms with Crippen LogP contribution in [0, 0.1) is 0 Å². The molecule has 2 amide bonds. The molecule has 40 heavy (non-hydrogen) atoms. The topological polar surface area (TPSA) is 71.6 Å². The smallest absolute Gasteiger partial charge is 0.269 e. The van der Waals surface area contributed by atoms with Crippen LogP contribution in [0.4, 0.5) is 11.4 Å². The monoisotopic (exact) mass is 557 g/mol. The predicted octanol–water partition coefficient (Wildman–Crippen LogP) is 4.34. The first-order valence-electron chi connectivity index (χ1n) is 13.7. The highest BCUT2D eigenvalue weighted by atomic mass is 32.2. The van der Waals surface area contributed by atoms with Crippen LogP contribution in [0.25, 0.3) is 0 Å². The summed E-state index contributed by atoms with van der Waals surface area (Å²) in [6, 6.07) is 25.3. The highest BCUT2D eigenvalue weighted by Gasteiger charge is 2.61. The minimum absolute atomic E-state index is 0.0802. The average Bonchev–Trinajstić information content (AvgIpc) is 3.66. The molecule has 4 aliphatic heterocycles. The summed E-state index contributed by atoms with van der Waals surface area (Å²) in [6.07, 6.45) is 1.56. The Balaban J connectivity index is 1.13. The Kier molecular flexibility index (Phi) is 6.54. The Labute approximate surface area is 237 Å². The minimum Gasteiger partial charge on any atom is -0.489 e. The summed E-state index contributed by atoms with van der Waals surface area (Å²) in [4.78, 5) is 32.4. The van der Waals surface area contributed by atoms with Gasteiger partial charge < -0.3 is 14.2 Å². The van der Waals surface area contributed by atoms with Crippen LogP contribution in [-0.4, -0.2) is 61.2 Å². The molecule has 0 unspecified atom stereocenters. The van der Waals surface area contributed by atoms with Gasteiger partial charge in [0.25, 0.3) is 5.91 Å². The Hall–Kier alpha value is -3.37. The fourth-order valence-electron chi connectivity index (χ4n) is 6.15. The summed E-state index contributed by atoms with van der Waals surface area (Å²) in [6.45, 7) is 3.75. The van der Waals surface area contributed by atoms with Gasteiger partial charge in [-0.2, -0.15) is 0 Å². The number of thioether (sulfide) groups is 1. The minimum atomic E-state index is -1.13. The Morgan fingerprint density at radius 2 is 1.55 bits per heavy atom. The molecule has 0 aromatic heterocycles. The van der Waals surface area contributed by atoms with Crippen molar-refractivity contribution in [3.63, 3.8) is 0 Å². The van der Waals surface area contributed by atoms with E-state index in [1.165, 1.54) is 11.8 Å². The summed E-state index contributed by atoms with van der Waals surface area (Å²) < 4.78 is 17.7. The van der Waals surface area contributed by atoms with Gasteiger partial charge in [-0.25, -0.2) is 0 Å². The number of carbonyl (C=O) groups is 2. The van der Waals surface area contributed by atoms with Gasteiger partial charge in [-0.15, -0.1) is 11.8 Å². The maximum absolute atomic E-state index is 14.4. The van der Waals surface area contributed by atoms with E-state index in [-0.39, 0.29) is 17.6 Å². The van der Waals surface area contributed by atoms with E-state index in [2.05, 4.69) is 4.90 Å². The summed E-state index contributed by atoms with van der Waals surface area (Å²) >= 11 is 1.40.